The Morgan fingerprint density at radius 2 is 2.21 bits per heavy atom. The van der Waals surface area contributed by atoms with Gasteiger partial charge in [-0.1, -0.05) is 0 Å². The molecular weight excluding hydrogens is 310 g/mol. The third kappa shape index (κ3) is 2.47. The van der Waals surface area contributed by atoms with Gasteiger partial charge in [0.25, 0.3) is 5.91 Å². The molecule has 8 nitrogen and oxygen atoms in total. The first kappa shape index (κ1) is 14.9. The molecule has 2 saturated heterocycles. The van der Waals surface area contributed by atoms with E-state index >= 15 is 0 Å². The molecule has 126 valence electrons. The first-order valence-electron chi connectivity index (χ1n) is 8.10. The van der Waals surface area contributed by atoms with Gasteiger partial charge in [-0.25, -0.2) is 14.8 Å². The predicted molar refractivity (Wildman–Crippen MR) is 85.5 cm³/mol. The number of carbonyl (C=O) groups is 2. The van der Waals surface area contributed by atoms with E-state index in [2.05, 4.69) is 15.3 Å². The fourth-order valence-corrected chi connectivity index (χ4v) is 3.47. The molecule has 0 radical (unpaired) electrons. The Balaban J connectivity index is 1.52. The summed E-state index contributed by atoms with van der Waals surface area (Å²) in [5.41, 5.74) is 1.54. The third-order valence-electron chi connectivity index (χ3n) is 4.85. The lowest BCUT2D eigenvalue weighted by Gasteiger charge is -2.25. The van der Waals surface area contributed by atoms with Crippen LogP contribution in [0.4, 0.5) is 4.79 Å². The van der Waals surface area contributed by atoms with E-state index in [-0.39, 0.29) is 12.0 Å². The summed E-state index contributed by atoms with van der Waals surface area (Å²) in [6.07, 6.45) is 5.15. The van der Waals surface area contributed by atoms with Crippen molar-refractivity contribution in [3.05, 3.63) is 24.2 Å². The number of nitrogens with zero attached hydrogens (tertiary/aromatic N) is 4. The summed E-state index contributed by atoms with van der Waals surface area (Å²) in [6, 6.07) is 1.78. The van der Waals surface area contributed by atoms with E-state index in [0.717, 1.165) is 18.5 Å². The van der Waals surface area contributed by atoms with E-state index in [1.54, 1.807) is 18.6 Å². The number of fused-ring (bicyclic) bond motifs is 1. The molecule has 4 heterocycles. The molecular formula is C16H19N5O3. The molecule has 2 fully saturated rings. The van der Waals surface area contributed by atoms with Crippen molar-refractivity contribution >= 4 is 23.2 Å². The van der Waals surface area contributed by atoms with Gasteiger partial charge < -0.3 is 19.5 Å². The Kier molecular flexibility index (Phi) is 3.40. The van der Waals surface area contributed by atoms with Crippen molar-refractivity contribution in [1.82, 2.24) is 24.8 Å². The number of likely N-dealkylation sites (tertiary alicyclic amines) is 1. The summed E-state index contributed by atoms with van der Waals surface area (Å²) >= 11 is 0. The minimum atomic E-state index is -0.463. The molecule has 0 aliphatic carbocycles. The normalized spacial score (nSPS) is 24.0. The summed E-state index contributed by atoms with van der Waals surface area (Å²) in [7, 11) is 1.87. The van der Waals surface area contributed by atoms with Gasteiger partial charge in [0.05, 0.1) is 18.4 Å². The van der Waals surface area contributed by atoms with E-state index in [1.807, 2.05) is 16.5 Å². The molecule has 0 aromatic carbocycles. The fourth-order valence-electron chi connectivity index (χ4n) is 3.47. The van der Waals surface area contributed by atoms with Gasteiger partial charge in [-0.3, -0.25) is 4.79 Å². The molecule has 24 heavy (non-hydrogen) atoms. The highest BCUT2D eigenvalue weighted by molar-refractivity contribution is 5.96. The molecule has 0 saturated carbocycles. The highest BCUT2D eigenvalue weighted by Crippen LogP contribution is 2.29. The highest BCUT2D eigenvalue weighted by Gasteiger charge is 2.41. The van der Waals surface area contributed by atoms with Gasteiger partial charge in [0, 0.05) is 32.8 Å². The largest absolute Gasteiger partial charge is 0.441 e. The standard InChI is InChI=1S/C16H19N5O3/c1-20-10-19-12-7-11(8-17-13(12)20)14(22)21-5-2-3-16(4-6-21)9-18-15(23)24-16/h7-8,10H,2-6,9H2,1H3,(H,18,23). The van der Waals surface area contributed by atoms with Crippen LogP contribution in [0.2, 0.25) is 0 Å². The van der Waals surface area contributed by atoms with Crippen molar-refractivity contribution in [2.24, 2.45) is 7.05 Å². The fraction of sp³-hybridized carbons (Fsp3) is 0.500. The average molecular weight is 329 g/mol. The van der Waals surface area contributed by atoms with Gasteiger partial charge in [-0.2, -0.15) is 0 Å². The van der Waals surface area contributed by atoms with Crippen LogP contribution >= 0.6 is 0 Å². The SMILES string of the molecule is Cn1cnc2cc(C(=O)N3CCCC4(CC3)CNC(=O)O4)cnc21. The van der Waals surface area contributed by atoms with E-state index in [9.17, 15) is 9.59 Å². The molecule has 1 N–H and O–H groups in total. The van der Waals surface area contributed by atoms with Crippen molar-refractivity contribution in [2.45, 2.75) is 24.9 Å². The Morgan fingerprint density at radius 3 is 3.00 bits per heavy atom. The Labute approximate surface area is 138 Å². The second-order valence-corrected chi connectivity index (χ2v) is 6.49. The van der Waals surface area contributed by atoms with E-state index < -0.39 is 5.60 Å². The number of pyridine rings is 1. The van der Waals surface area contributed by atoms with Gasteiger partial charge in [0.1, 0.15) is 11.1 Å². The van der Waals surface area contributed by atoms with Gasteiger partial charge in [-0.15, -0.1) is 0 Å². The van der Waals surface area contributed by atoms with Crippen LogP contribution < -0.4 is 5.32 Å². The summed E-state index contributed by atoms with van der Waals surface area (Å²) in [6.45, 7) is 1.74. The van der Waals surface area contributed by atoms with Crippen LogP contribution in [-0.4, -0.2) is 56.7 Å². The molecule has 2 aromatic heterocycles. The molecule has 1 unspecified atom stereocenters. The summed E-state index contributed by atoms with van der Waals surface area (Å²) < 4.78 is 7.27. The first-order valence-corrected chi connectivity index (χ1v) is 8.10. The van der Waals surface area contributed by atoms with Crippen molar-refractivity contribution < 1.29 is 14.3 Å². The number of hydrogen-bond acceptors (Lipinski definition) is 5. The Bertz CT molecular complexity index is 817. The lowest BCUT2D eigenvalue weighted by Crippen LogP contribution is -2.36. The lowest BCUT2D eigenvalue weighted by molar-refractivity contribution is 0.0438. The maximum atomic E-state index is 12.8. The number of amides is 2. The molecule has 2 amide bonds. The van der Waals surface area contributed by atoms with Crippen LogP contribution in [0.15, 0.2) is 18.6 Å². The van der Waals surface area contributed by atoms with E-state index in [1.165, 1.54) is 0 Å². The molecule has 0 bridgehead atoms. The van der Waals surface area contributed by atoms with Crippen LogP contribution in [-0.2, 0) is 11.8 Å². The number of aryl methyl sites for hydroxylation is 1. The predicted octanol–water partition coefficient (Wildman–Crippen LogP) is 1.07. The zero-order valence-corrected chi connectivity index (χ0v) is 13.5. The van der Waals surface area contributed by atoms with Crippen LogP contribution in [0.5, 0.6) is 0 Å². The number of ether oxygens (including phenoxy) is 1. The van der Waals surface area contributed by atoms with Gasteiger partial charge in [-0.05, 0) is 18.9 Å². The van der Waals surface area contributed by atoms with Crippen LogP contribution in [0.1, 0.15) is 29.6 Å². The smallest absolute Gasteiger partial charge is 0.407 e. The quantitative estimate of drug-likeness (QED) is 0.845. The molecule has 2 aliphatic rings. The first-order chi connectivity index (χ1) is 11.6. The highest BCUT2D eigenvalue weighted by atomic mass is 16.6. The maximum Gasteiger partial charge on any atom is 0.407 e. The molecule has 4 rings (SSSR count). The molecule has 2 aliphatic heterocycles. The number of imidazole rings is 1. The summed E-state index contributed by atoms with van der Waals surface area (Å²) in [5.74, 6) is -0.0515. The number of alkyl carbamates (subject to hydrolysis) is 1. The van der Waals surface area contributed by atoms with Crippen molar-refractivity contribution in [1.29, 1.82) is 0 Å². The van der Waals surface area contributed by atoms with Gasteiger partial charge >= 0.3 is 6.09 Å². The number of hydrogen-bond donors (Lipinski definition) is 1. The second kappa shape index (κ2) is 5.47. The van der Waals surface area contributed by atoms with Crippen LogP contribution in [0.3, 0.4) is 0 Å². The van der Waals surface area contributed by atoms with Crippen LogP contribution in [0, 0.1) is 0 Å². The minimum absolute atomic E-state index is 0.0515. The van der Waals surface area contributed by atoms with Crippen molar-refractivity contribution in [3.8, 4) is 0 Å². The molecule has 1 spiro atoms. The summed E-state index contributed by atoms with van der Waals surface area (Å²) in [4.78, 5) is 34.6. The number of rotatable bonds is 1. The summed E-state index contributed by atoms with van der Waals surface area (Å²) in [5, 5.41) is 2.72. The average Bonchev–Trinajstić information content (AvgIpc) is 3.05. The zero-order valence-electron chi connectivity index (χ0n) is 13.5. The second-order valence-electron chi connectivity index (χ2n) is 6.49. The van der Waals surface area contributed by atoms with E-state index in [0.29, 0.717) is 37.1 Å². The Hall–Kier alpha value is -2.64. The van der Waals surface area contributed by atoms with Crippen molar-refractivity contribution in [3.63, 3.8) is 0 Å². The topological polar surface area (TPSA) is 89.4 Å². The van der Waals surface area contributed by atoms with Crippen LogP contribution in [0.25, 0.3) is 11.2 Å². The maximum absolute atomic E-state index is 12.8. The number of nitrogens with one attached hydrogen (secondary N) is 1. The van der Waals surface area contributed by atoms with Gasteiger partial charge in [0.15, 0.2) is 5.65 Å². The number of aromatic nitrogens is 3. The Morgan fingerprint density at radius 1 is 1.33 bits per heavy atom. The molecule has 2 aromatic rings. The molecule has 8 heteroatoms. The monoisotopic (exact) mass is 329 g/mol. The third-order valence-corrected chi connectivity index (χ3v) is 4.85. The molecule has 1 atom stereocenters. The zero-order chi connectivity index (χ0) is 16.7. The van der Waals surface area contributed by atoms with E-state index in [4.69, 9.17) is 4.74 Å². The van der Waals surface area contributed by atoms with Gasteiger partial charge in [0.2, 0.25) is 0 Å². The lowest BCUT2D eigenvalue weighted by atomic mass is 9.95. The minimum Gasteiger partial charge on any atom is -0.441 e. The van der Waals surface area contributed by atoms with Crippen molar-refractivity contribution in [2.75, 3.05) is 19.6 Å². The number of carbonyl (C=O) groups excluding carboxylic acids is 2.